The van der Waals surface area contributed by atoms with Crippen LogP contribution in [-0.4, -0.2) is 26.1 Å². The molecule has 1 unspecified atom stereocenters. The smallest absolute Gasteiger partial charge is 0.259 e. The molecule has 1 heterocycles. The molecule has 0 bridgehead atoms. The van der Waals surface area contributed by atoms with Crippen LogP contribution in [0.2, 0.25) is 0 Å². The fourth-order valence-corrected chi connectivity index (χ4v) is 2.88. The van der Waals surface area contributed by atoms with Gasteiger partial charge in [-0.25, -0.2) is 4.99 Å². The fraction of sp³-hybridized carbons (Fsp3) is 0.222. The van der Waals surface area contributed by atoms with Crippen molar-refractivity contribution in [3.05, 3.63) is 59.7 Å². The molecule has 0 fully saturated rings. The SMILES string of the molecule is COc1cccc(CC2(c3cccc(OC)c3)N=C(N)NC2=O)c1. The topological polar surface area (TPSA) is 85.9 Å². The predicted octanol–water partition coefficient (Wildman–Crippen LogP) is 1.59. The number of aliphatic imine (C=N–C) groups is 1. The maximum atomic E-state index is 12.7. The molecule has 124 valence electrons. The van der Waals surface area contributed by atoms with Gasteiger partial charge in [0.15, 0.2) is 11.5 Å². The Bertz CT molecular complexity index is 804. The molecule has 0 aliphatic carbocycles. The molecule has 1 atom stereocenters. The van der Waals surface area contributed by atoms with Crippen molar-refractivity contribution in [3.63, 3.8) is 0 Å². The molecule has 3 N–H and O–H groups in total. The van der Waals surface area contributed by atoms with E-state index in [0.29, 0.717) is 12.2 Å². The summed E-state index contributed by atoms with van der Waals surface area (Å²) < 4.78 is 10.5. The van der Waals surface area contributed by atoms with Crippen LogP contribution in [0.4, 0.5) is 0 Å². The summed E-state index contributed by atoms with van der Waals surface area (Å²) in [4.78, 5) is 17.1. The number of nitrogens with one attached hydrogen (secondary N) is 1. The number of benzene rings is 2. The lowest BCUT2D eigenvalue weighted by Gasteiger charge is -2.24. The van der Waals surface area contributed by atoms with E-state index < -0.39 is 5.54 Å². The molecule has 1 amide bonds. The molecule has 0 saturated carbocycles. The second-order valence-electron chi connectivity index (χ2n) is 5.57. The van der Waals surface area contributed by atoms with Crippen LogP contribution in [-0.2, 0) is 16.8 Å². The summed E-state index contributed by atoms with van der Waals surface area (Å²) in [6.07, 6.45) is 0.365. The highest BCUT2D eigenvalue weighted by molar-refractivity contribution is 6.07. The van der Waals surface area contributed by atoms with Crippen LogP contribution in [0.3, 0.4) is 0 Å². The van der Waals surface area contributed by atoms with Gasteiger partial charge in [-0.15, -0.1) is 0 Å². The van der Waals surface area contributed by atoms with Gasteiger partial charge in [0.1, 0.15) is 11.5 Å². The zero-order valence-corrected chi connectivity index (χ0v) is 13.6. The van der Waals surface area contributed by atoms with Crippen LogP contribution in [0.25, 0.3) is 0 Å². The molecule has 0 spiro atoms. The highest BCUT2D eigenvalue weighted by Gasteiger charge is 2.45. The summed E-state index contributed by atoms with van der Waals surface area (Å²) in [5.41, 5.74) is 6.31. The van der Waals surface area contributed by atoms with Crippen molar-refractivity contribution < 1.29 is 14.3 Å². The molecule has 0 radical (unpaired) electrons. The van der Waals surface area contributed by atoms with Crippen LogP contribution >= 0.6 is 0 Å². The normalized spacial score (nSPS) is 19.6. The van der Waals surface area contributed by atoms with Crippen LogP contribution < -0.4 is 20.5 Å². The Labute approximate surface area is 140 Å². The first-order valence-electron chi connectivity index (χ1n) is 7.51. The summed E-state index contributed by atoms with van der Waals surface area (Å²) in [5, 5.41) is 2.61. The minimum Gasteiger partial charge on any atom is -0.497 e. The summed E-state index contributed by atoms with van der Waals surface area (Å²) in [6, 6.07) is 14.9. The molecule has 1 aliphatic heterocycles. The van der Waals surface area contributed by atoms with Gasteiger partial charge >= 0.3 is 0 Å². The average molecular weight is 325 g/mol. The number of carbonyl (C=O) groups excluding carboxylic acids is 1. The number of nitrogens with zero attached hydrogens (tertiary/aromatic N) is 1. The van der Waals surface area contributed by atoms with Gasteiger partial charge in [0.05, 0.1) is 14.2 Å². The minimum atomic E-state index is -1.12. The molecule has 1 aliphatic rings. The zero-order chi connectivity index (χ0) is 17.2. The van der Waals surface area contributed by atoms with Crippen molar-refractivity contribution in [1.82, 2.24) is 5.32 Å². The maximum Gasteiger partial charge on any atom is 0.259 e. The Morgan fingerprint density at radius 2 is 1.75 bits per heavy atom. The van der Waals surface area contributed by atoms with Gasteiger partial charge in [0.2, 0.25) is 0 Å². The molecule has 6 nitrogen and oxygen atoms in total. The van der Waals surface area contributed by atoms with Gasteiger partial charge in [-0.05, 0) is 35.4 Å². The zero-order valence-electron chi connectivity index (χ0n) is 13.6. The van der Waals surface area contributed by atoms with Gasteiger partial charge in [-0.3, -0.25) is 10.1 Å². The lowest BCUT2D eigenvalue weighted by Crippen LogP contribution is -2.40. The Morgan fingerprint density at radius 3 is 2.38 bits per heavy atom. The van der Waals surface area contributed by atoms with E-state index in [0.717, 1.165) is 16.9 Å². The van der Waals surface area contributed by atoms with Crippen molar-refractivity contribution in [1.29, 1.82) is 0 Å². The summed E-state index contributed by atoms with van der Waals surface area (Å²) in [6.45, 7) is 0. The Morgan fingerprint density at radius 1 is 1.08 bits per heavy atom. The number of hydrogen-bond donors (Lipinski definition) is 2. The Hall–Kier alpha value is -3.02. The third-order valence-corrected chi connectivity index (χ3v) is 4.07. The first kappa shape index (κ1) is 15.9. The van der Waals surface area contributed by atoms with E-state index in [-0.39, 0.29) is 11.9 Å². The summed E-state index contributed by atoms with van der Waals surface area (Å²) in [5.74, 6) is 1.25. The number of guanidine groups is 1. The second-order valence-corrected chi connectivity index (χ2v) is 5.57. The van der Waals surface area contributed by atoms with Crippen LogP contribution in [0, 0.1) is 0 Å². The predicted molar refractivity (Wildman–Crippen MR) is 91.1 cm³/mol. The van der Waals surface area contributed by atoms with Crippen molar-refractivity contribution in [3.8, 4) is 11.5 Å². The van der Waals surface area contributed by atoms with E-state index in [1.54, 1.807) is 14.2 Å². The largest absolute Gasteiger partial charge is 0.497 e. The lowest BCUT2D eigenvalue weighted by atomic mass is 9.84. The Kier molecular flexibility index (Phi) is 4.12. The lowest BCUT2D eigenvalue weighted by molar-refractivity contribution is -0.124. The van der Waals surface area contributed by atoms with Gasteiger partial charge in [-0.1, -0.05) is 24.3 Å². The van der Waals surface area contributed by atoms with E-state index in [9.17, 15) is 4.79 Å². The van der Waals surface area contributed by atoms with Gasteiger partial charge in [-0.2, -0.15) is 0 Å². The number of methoxy groups -OCH3 is 2. The molecule has 0 saturated heterocycles. The van der Waals surface area contributed by atoms with E-state index in [4.69, 9.17) is 15.2 Å². The standard InChI is InChI=1S/C18H19N3O3/c1-23-14-7-3-5-12(9-14)11-18(16(22)20-17(19)21-18)13-6-4-8-15(10-13)24-2/h3-10H,11H2,1-2H3,(H3,19,20,21,22). The number of carbonyl (C=O) groups is 1. The van der Waals surface area contributed by atoms with E-state index in [1.807, 2.05) is 48.5 Å². The number of ether oxygens (including phenoxy) is 2. The third kappa shape index (κ3) is 2.78. The first-order chi connectivity index (χ1) is 11.6. The second kappa shape index (κ2) is 6.23. The van der Waals surface area contributed by atoms with E-state index in [2.05, 4.69) is 10.3 Å². The van der Waals surface area contributed by atoms with Gasteiger partial charge < -0.3 is 15.2 Å². The van der Waals surface area contributed by atoms with E-state index in [1.165, 1.54) is 0 Å². The van der Waals surface area contributed by atoms with Crippen LogP contribution in [0.1, 0.15) is 11.1 Å². The third-order valence-electron chi connectivity index (χ3n) is 4.07. The van der Waals surface area contributed by atoms with Crippen LogP contribution in [0.5, 0.6) is 11.5 Å². The van der Waals surface area contributed by atoms with Crippen molar-refractivity contribution in [2.24, 2.45) is 10.7 Å². The maximum absolute atomic E-state index is 12.7. The molecule has 2 aromatic rings. The molecular formula is C18H19N3O3. The van der Waals surface area contributed by atoms with E-state index >= 15 is 0 Å². The van der Waals surface area contributed by atoms with Crippen molar-refractivity contribution >= 4 is 11.9 Å². The first-order valence-corrected chi connectivity index (χ1v) is 7.51. The number of nitrogens with two attached hydrogens (primary N) is 1. The molecule has 24 heavy (non-hydrogen) atoms. The van der Waals surface area contributed by atoms with Crippen LogP contribution in [0.15, 0.2) is 53.5 Å². The number of amides is 1. The molecular weight excluding hydrogens is 306 g/mol. The van der Waals surface area contributed by atoms with Crippen molar-refractivity contribution in [2.45, 2.75) is 12.0 Å². The highest BCUT2D eigenvalue weighted by Crippen LogP contribution is 2.35. The fourth-order valence-electron chi connectivity index (χ4n) is 2.88. The number of rotatable bonds is 5. The molecule has 6 heteroatoms. The monoisotopic (exact) mass is 325 g/mol. The minimum absolute atomic E-state index is 0.116. The summed E-state index contributed by atoms with van der Waals surface area (Å²) in [7, 11) is 3.19. The summed E-state index contributed by atoms with van der Waals surface area (Å²) >= 11 is 0. The Balaban J connectivity index is 2.08. The molecule has 0 aromatic heterocycles. The van der Waals surface area contributed by atoms with Crippen molar-refractivity contribution in [2.75, 3.05) is 14.2 Å². The molecule has 3 rings (SSSR count). The average Bonchev–Trinajstić information content (AvgIpc) is 2.89. The number of hydrogen-bond acceptors (Lipinski definition) is 5. The molecule has 2 aromatic carbocycles. The highest BCUT2D eigenvalue weighted by atomic mass is 16.5. The van der Waals surface area contributed by atoms with Gasteiger partial charge in [0, 0.05) is 6.42 Å². The quantitative estimate of drug-likeness (QED) is 0.874. The van der Waals surface area contributed by atoms with Gasteiger partial charge in [0.25, 0.3) is 5.91 Å².